The molecule has 0 saturated heterocycles. The maximum Gasteiger partial charge on any atom is 0.224 e. The number of carbonyl (C=O) groups excluding carboxylic acids is 1. The van der Waals surface area contributed by atoms with Gasteiger partial charge in [0.1, 0.15) is 12.4 Å². The minimum absolute atomic E-state index is 0. The van der Waals surface area contributed by atoms with E-state index in [0.717, 1.165) is 29.8 Å². The predicted octanol–water partition coefficient (Wildman–Crippen LogP) is 3.61. The third-order valence-electron chi connectivity index (χ3n) is 3.48. The second-order valence-corrected chi connectivity index (χ2v) is 5.99. The minimum atomic E-state index is 0. The summed E-state index contributed by atoms with van der Waals surface area (Å²) < 4.78 is 5.78. The molecule has 0 aliphatic rings. The molecular weight excluding hydrogens is 359 g/mol. The van der Waals surface area contributed by atoms with E-state index >= 15 is 0 Å². The van der Waals surface area contributed by atoms with Crippen LogP contribution in [0.3, 0.4) is 0 Å². The van der Waals surface area contributed by atoms with Gasteiger partial charge in [-0.1, -0.05) is 35.9 Å². The zero-order chi connectivity index (χ0) is 17.2. The number of halogens is 2. The van der Waals surface area contributed by atoms with Gasteiger partial charge in [0.15, 0.2) is 0 Å². The van der Waals surface area contributed by atoms with Crippen LogP contribution in [-0.2, 0) is 17.8 Å². The maximum atomic E-state index is 11.9. The smallest absolute Gasteiger partial charge is 0.224 e. The molecule has 2 aromatic rings. The molecule has 0 fully saturated rings. The number of hydrogen-bond donors (Lipinski definition) is 2. The Hall–Kier alpha value is -1.75. The first-order valence-corrected chi connectivity index (χ1v) is 8.42. The molecule has 136 valence electrons. The average molecular weight is 383 g/mol. The van der Waals surface area contributed by atoms with Gasteiger partial charge in [0, 0.05) is 11.6 Å². The van der Waals surface area contributed by atoms with Crippen molar-refractivity contribution in [2.75, 3.05) is 20.1 Å². The van der Waals surface area contributed by atoms with Gasteiger partial charge in [-0.05, 0) is 55.4 Å². The third-order valence-corrected chi connectivity index (χ3v) is 3.72. The molecule has 0 bridgehead atoms. The van der Waals surface area contributed by atoms with Gasteiger partial charge in [-0.3, -0.25) is 4.79 Å². The Morgan fingerprint density at radius 2 is 1.84 bits per heavy atom. The normalized spacial score (nSPS) is 10.0. The van der Waals surface area contributed by atoms with Gasteiger partial charge in [0.05, 0.1) is 6.42 Å². The van der Waals surface area contributed by atoms with E-state index in [-0.39, 0.29) is 18.3 Å². The Morgan fingerprint density at radius 1 is 1.08 bits per heavy atom. The van der Waals surface area contributed by atoms with Crippen LogP contribution in [0.25, 0.3) is 0 Å². The molecule has 0 aliphatic carbocycles. The van der Waals surface area contributed by atoms with Crippen molar-refractivity contribution in [1.29, 1.82) is 0 Å². The Labute approximate surface area is 160 Å². The Morgan fingerprint density at radius 3 is 2.60 bits per heavy atom. The molecule has 25 heavy (non-hydrogen) atoms. The highest BCUT2D eigenvalue weighted by molar-refractivity contribution is 6.30. The van der Waals surface area contributed by atoms with E-state index in [2.05, 4.69) is 10.6 Å². The van der Waals surface area contributed by atoms with Crippen LogP contribution < -0.4 is 15.4 Å². The molecule has 6 heteroatoms. The summed E-state index contributed by atoms with van der Waals surface area (Å²) in [6.07, 6.45) is 1.28. The van der Waals surface area contributed by atoms with Crippen LogP contribution in [0.2, 0.25) is 5.02 Å². The van der Waals surface area contributed by atoms with Crippen molar-refractivity contribution < 1.29 is 9.53 Å². The average Bonchev–Trinajstić information content (AvgIpc) is 2.57. The summed E-state index contributed by atoms with van der Waals surface area (Å²) in [6.45, 7) is 2.03. The fourth-order valence-corrected chi connectivity index (χ4v) is 2.49. The van der Waals surface area contributed by atoms with Crippen molar-refractivity contribution in [1.82, 2.24) is 10.6 Å². The highest BCUT2D eigenvalue weighted by atomic mass is 35.5. The van der Waals surface area contributed by atoms with E-state index in [9.17, 15) is 4.79 Å². The number of hydrogen-bond acceptors (Lipinski definition) is 3. The molecule has 0 spiro atoms. The lowest BCUT2D eigenvalue weighted by atomic mass is 10.1. The van der Waals surface area contributed by atoms with Crippen LogP contribution in [0, 0.1) is 0 Å². The highest BCUT2D eigenvalue weighted by Crippen LogP contribution is 2.17. The van der Waals surface area contributed by atoms with E-state index in [4.69, 9.17) is 16.3 Å². The summed E-state index contributed by atoms with van der Waals surface area (Å²) >= 11 is 5.97. The van der Waals surface area contributed by atoms with Gasteiger partial charge in [0.25, 0.3) is 0 Å². The van der Waals surface area contributed by atoms with Crippen LogP contribution in [0.1, 0.15) is 17.5 Å². The summed E-state index contributed by atoms with van der Waals surface area (Å²) in [6, 6.07) is 15.2. The van der Waals surface area contributed by atoms with Gasteiger partial charge in [-0.25, -0.2) is 0 Å². The second-order valence-electron chi connectivity index (χ2n) is 5.55. The zero-order valence-corrected chi connectivity index (χ0v) is 15.8. The summed E-state index contributed by atoms with van der Waals surface area (Å²) in [5, 5.41) is 6.66. The summed E-state index contributed by atoms with van der Waals surface area (Å²) in [7, 11) is 1.90. The lowest BCUT2D eigenvalue weighted by molar-refractivity contribution is -0.120. The van der Waals surface area contributed by atoms with Gasteiger partial charge in [-0.15, -0.1) is 12.4 Å². The van der Waals surface area contributed by atoms with Gasteiger partial charge in [-0.2, -0.15) is 0 Å². The first-order chi connectivity index (χ1) is 11.7. The molecular formula is C19H24Cl2N2O2. The second kappa shape index (κ2) is 11.7. The minimum Gasteiger partial charge on any atom is -0.489 e. The third kappa shape index (κ3) is 8.25. The topological polar surface area (TPSA) is 50.4 Å². The molecule has 0 saturated carbocycles. The van der Waals surface area contributed by atoms with Gasteiger partial charge < -0.3 is 15.4 Å². The number of rotatable bonds is 9. The Balaban J connectivity index is 0.00000312. The molecule has 0 heterocycles. The quantitative estimate of drug-likeness (QED) is 0.651. The number of carbonyl (C=O) groups is 1. The molecule has 2 rings (SSSR count). The fourth-order valence-electron chi connectivity index (χ4n) is 2.28. The molecule has 0 atom stereocenters. The molecule has 0 unspecified atom stereocenters. The summed E-state index contributed by atoms with van der Waals surface area (Å²) in [5.41, 5.74) is 1.94. The number of ether oxygens (including phenoxy) is 1. The number of benzene rings is 2. The molecule has 0 aliphatic heterocycles. The van der Waals surface area contributed by atoms with Crippen molar-refractivity contribution in [2.45, 2.75) is 19.4 Å². The predicted molar refractivity (Wildman–Crippen MR) is 105 cm³/mol. The maximum absolute atomic E-state index is 11.9. The van der Waals surface area contributed by atoms with E-state index in [1.54, 1.807) is 0 Å². The molecule has 2 aromatic carbocycles. The van der Waals surface area contributed by atoms with E-state index in [1.165, 1.54) is 0 Å². The lowest BCUT2D eigenvalue weighted by Crippen LogP contribution is -2.27. The van der Waals surface area contributed by atoms with Crippen molar-refractivity contribution in [3.63, 3.8) is 0 Å². The SMILES string of the molecule is CNCCCNC(=O)Cc1cccc(OCc2cccc(Cl)c2)c1.Cl. The van der Waals surface area contributed by atoms with E-state index in [0.29, 0.717) is 24.6 Å². The van der Waals surface area contributed by atoms with E-state index in [1.807, 2.05) is 55.6 Å². The first-order valence-electron chi connectivity index (χ1n) is 8.05. The van der Waals surface area contributed by atoms with Crippen LogP contribution in [0.15, 0.2) is 48.5 Å². The molecule has 0 radical (unpaired) electrons. The summed E-state index contributed by atoms with van der Waals surface area (Å²) in [4.78, 5) is 11.9. The molecule has 4 nitrogen and oxygen atoms in total. The molecule has 2 N–H and O–H groups in total. The summed E-state index contributed by atoms with van der Waals surface area (Å²) in [5.74, 6) is 0.772. The fraction of sp³-hybridized carbons (Fsp3) is 0.316. The van der Waals surface area contributed by atoms with E-state index < -0.39 is 0 Å². The largest absolute Gasteiger partial charge is 0.489 e. The van der Waals surface area contributed by atoms with Crippen LogP contribution in [-0.4, -0.2) is 26.0 Å². The van der Waals surface area contributed by atoms with Crippen molar-refractivity contribution in [2.24, 2.45) is 0 Å². The Bertz CT molecular complexity index is 665. The molecule has 0 aromatic heterocycles. The number of nitrogens with one attached hydrogen (secondary N) is 2. The highest BCUT2D eigenvalue weighted by Gasteiger charge is 2.04. The Kier molecular flexibility index (Phi) is 10.0. The van der Waals surface area contributed by atoms with Gasteiger partial charge in [0.2, 0.25) is 5.91 Å². The molecule has 1 amide bonds. The standard InChI is InChI=1S/C19H23ClN2O2.ClH/c1-21-9-4-10-22-19(23)13-15-5-3-8-18(12-15)24-14-16-6-2-7-17(20)11-16;/h2-3,5-8,11-12,21H,4,9-10,13-14H2,1H3,(H,22,23);1H. The van der Waals surface area contributed by atoms with Crippen LogP contribution in [0.5, 0.6) is 5.75 Å². The van der Waals surface area contributed by atoms with Crippen molar-refractivity contribution >= 4 is 29.9 Å². The monoisotopic (exact) mass is 382 g/mol. The van der Waals surface area contributed by atoms with Crippen LogP contribution >= 0.6 is 24.0 Å². The van der Waals surface area contributed by atoms with Crippen molar-refractivity contribution in [3.05, 3.63) is 64.7 Å². The number of amides is 1. The lowest BCUT2D eigenvalue weighted by Gasteiger charge is -2.09. The van der Waals surface area contributed by atoms with Crippen molar-refractivity contribution in [3.8, 4) is 5.75 Å². The first kappa shape index (κ1) is 21.3. The zero-order valence-electron chi connectivity index (χ0n) is 14.3. The van der Waals surface area contributed by atoms with Gasteiger partial charge >= 0.3 is 0 Å². The van der Waals surface area contributed by atoms with Crippen LogP contribution in [0.4, 0.5) is 0 Å².